The van der Waals surface area contributed by atoms with E-state index in [0.717, 1.165) is 25.3 Å². The zero-order valence-electron chi connectivity index (χ0n) is 10.3. The van der Waals surface area contributed by atoms with E-state index in [9.17, 15) is 18.3 Å². The highest BCUT2D eigenvalue weighted by molar-refractivity contribution is 8.00. The van der Waals surface area contributed by atoms with Crippen LogP contribution in [0.2, 0.25) is 0 Å². The van der Waals surface area contributed by atoms with Gasteiger partial charge in [0.25, 0.3) is 0 Å². The van der Waals surface area contributed by atoms with Gasteiger partial charge in [-0.2, -0.15) is 11.8 Å². The van der Waals surface area contributed by atoms with Crippen molar-refractivity contribution in [2.24, 2.45) is 0 Å². The Bertz CT molecular complexity index is 494. The normalized spacial score (nSPS) is 34.3. The number of halogens is 3. The average molecular weight is 288 g/mol. The molecule has 104 valence electrons. The zero-order chi connectivity index (χ0) is 13.6. The van der Waals surface area contributed by atoms with Gasteiger partial charge >= 0.3 is 0 Å². The van der Waals surface area contributed by atoms with E-state index in [4.69, 9.17) is 0 Å². The van der Waals surface area contributed by atoms with E-state index >= 15 is 0 Å². The highest BCUT2D eigenvalue weighted by atomic mass is 32.2. The van der Waals surface area contributed by atoms with Crippen LogP contribution in [0, 0.1) is 17.5 Å². The van der Waals surface area contributed by atoms with Gasteiger partial charge in [-0.1, -0.05) is 12.5 Å². The topological polar surface area (TPSA) is 20.2 Å². The molecule has 1 N–H and O–H groups in total. The van der Waals surface area contributed by atoms with Crippen molar-refractivity contribution in [3.8, 4) is 0 Å². The van der Waals surface area contributed by atoms with Crippen LogP contribution in [-0.4, -0.2) is 15.6 Å². The average Bonchev–Trinajstić information content (AvgIpc) is 2.35. The van der Waals surface area contributed by atoms with Gasteiger partial charge in [0.2, 0.25) is 0 Å². The van der Waals surface area contributed by atoms with Crippen LogP contribution in [0.25, 0.3) is 0 Å². The molecule has 3 rings (SSSR count). The molecule has 2 heterocycles. The molecule has 5 heteroatoms. The highest BCUT2D eigenvalue weighted by Gasteiger charge is 2.44. The lowest BCUT2D eigenvalue weighted by Crippen LogP contribution is -2.41. The first-order chi connectivity index (χ1) is 8.99. The quantitative estimate of drug-likeness (QED) is 0.794. The minimum atomic E-state index is -1.49. The Balaban J connectivity index is 1.98. The molecule has 19 heavy (non-hydrogen) atoms. The largest absolute Gasteiger partial charge is 0.385 e. The summed E-state index contributed by atoms with van der Waals surface area (Å²) in [6.07, 6.45) is 3.94. The molecule has 0 amide bonds. The molecule has 0 radical (unpaired) electrons. The lowest BCUT2D eigenvalue weighted by atomic mass is 9.80. The number of aliphatic hydroxyl groups is 1. The first-order valence-corrected chi connectivity index (χ1v) is 7.46. The second-order valence-electron chi connectivity index (χ2n) is 5.47. The van der Waals surface area contributed by atoms with Crippen molar-refractivity contribution in [2.75, 3.05) is 0 Å². The van der Waals surface area contributed by atoms with Crippen molar-refractivity contribution in [3.63, 3.8) is 0 Å². The molecule has 2 fully saturated rings. The number of thioether (sulfide) groups is 1. The third-order valence-electron chi connectivity index (χ3n) is 4.10. The molecule has 1 nitrogen and oxygen atoms in total. The van der Waals surface area contributed by atoms with Crippen LogP contribution in [0.5, 0.6) is 0 Å². The Hall–Kier alpha value is -0.680. The van der Waals surface area contributed by atoms with Gasteiger partial charge in [-0.25, -0.2) is 13.2 Å². The summed E-state index contributed by atoms with van der Waals surface area (Å²) in [7, 11) is 0. The van der Waals surface area contributed by atoms with Gasteiger partial charge in [0.05, 0.1) is 5.60 Å². The van der Waals surface area contributed by atoms with Crippen molar-refractivity contribution in [1.82, 2.24) is 0 Å². The van der Waals surface area contributed by atoms with Gasteiger partial charge in [0.1, 0.15) is 0 Å². The standard InChI is InChI=1S/C14H15F3OS/c15-11-5-4-10(12(16)13(11)17)14(18)6-8-2-1-3-9(7-14)19-8/h4-5,8-9,18H,1-3,6-7H2. The van der Waals surface area contributed by atoms with Crippen molar-refractivity contribution in [3.05, 3.63) is 35.1 Å². The van der Waals surface area contributed by atoms with Crippen LogP contribution in [0.1, 0.15) is 37.7 Å². The van der Waals surface area contributed by atoms with Crippen molar-refractivity contribution in [1.29, 1.82) is 0 Å². The molecule has 1 aromatic carbocycles. The van der Waals surface area contributed by atoms with Gasteiger partial charge in [0, 0.05) is 16.1 Å². The summed E-state index contributed by atoms with van der Waals surface area (Å²) in [6, 6.07) is 2.07. The molecule has 2 unspecified atom stereocenters. The molecule has 2 aliphatic rings. The number of benzene rings is 1. The summed E-state index contributed by atoms with van der Waals surface area (Å²) in [4.78, 5) is 0. The third-order valence-corrected chi connectivity index (χ3v) is 5.68. The van der Waals surface area contributed by atoms with Gasteiger partial charge in [-0.15, -0.1) is 0 Å². The second kappa shape index (κ2) is 4.70. The first kappa shape index (κ1) is 13.3. The molecule has 0 saturated carbocycles. The van der Waals surface area contributed by atoms with E-state index < -0.39 is 23.1 Å². The minimum Gasteiger partial charge on any atom is -0.385 e. The lowest BCUT2D eigenvalue weighted by molar-refractivity contribution is 0.00419. The highest BCUT2D eigenvalue weighted by Crippen LogP contribution is 2.50. The maximum Gasteiger partial charge on any atom is 0.194 e. The minimum absolute atomic E-state index is 0.0939. The van der Waals surface area contributed by atoms with Gasteiger partial charge in [0.15, 0.2) is 17.5 Å². The second-order valence-corrected chi connectivity index (χ2v) is 7.08. The fourth-order valence-electron chi connectivity index (χ4n) is 3.22. The number of hydrogen-bond acceptors (Lipinski definition) is 2. The summed E-state index contributed by atoms with van der Waals surface area (Å²) in [5.74, 6) is -3.95. The van der Waals surface area contributed by atoms with E-state index in [1.807, 2.05) is 11.8 Å². The summed E-state index contributed by atoms with van der Waals surface area (Å²) >= 11 is 1.83. The summed E-state index contributed by atoms with van der Waals surface area (Å²) in [5.41, 5.74) is -1.46. The van der Waals surface area contributed by atoms with Gasteiger partial charge < -0.3 is 5.11 Å². The van der Waals surface area contributed by atoms with Crippen LogP contribution in [-0.2, 0) is 5.60 Å². The van der Waals surface area contributed by atoms with E-state index in [0.29, 0.717) is 12.8 Å². The van der Waals surface area contributed by atoms with Gasteiger partial charge in [-0.05, 0) is 31.7 Å². The van der Waals surface area contributed by atoms with Crippen molar-refractivity contribution in [2.45, 2.75) is 48.2 Å². The summed E-state index contributed by atoms with van der Waals surface area (Å²) < 4.78 is 40.2. The smallest absolute Gasteiger partial charge is 0.194 e. The van der Waals surface area contributed by atoms with Crippen molar-refractivity contribution < 1.29 is 18.3 Å². The Morgan fingerprint density at radius 2 is 1.68 bits per heavy atom. The molecule has 0 spiro atoms. The van der Waals surface area contributed by atoms with Crippen LogP contribution in [0.3, 0.4) is 0 Å². The molecule has 2 bridgehead atoms. The number of rotatable bonds is 1. The van der Waals surface area contributed by atoms with E-state index in [1.54, 1.807) is 0 Å². The third kappa shape index (κ3) is 2.27. The Morgan fingerprint density at radius 1 is 1.05 bits per heavy atom. The lowest BCUT2D eigenvalue weighted by Gasteiger charge is -2.44. The van der Waals surface area contributed by atoms with Crippen LogP contribution >= 0.6 is 11.8 Å². The van der Waals surface area contributed by atoms with E-state index in [2.05, 4.69) is 0 Å². The maximum atomic E-state index is 13.9. The summed E-state index contributed by atoms with van der Waals surface area (Å²) in [6.45, 7) is 0. The van der Waals surface area contributed by atoms with E-state index in [1.165, 1.54) is 6.07 Å². The maximum absolute atomic E-state index is 13.9. The number of fused-ring (bicyclic) bond motifs is 2. The molecule has 0 aromatic heterocycles. The molecular weight excluding hydrogens is 273 g/mol. The fourth-order valence-corrected chi connectivity index (χ4v) is 5.12. The Kier molecular flexibility index (Phi) is 3.29. The van der Waals surface area contributed by atoms with Crippen LogP contribution in [0.15, 0.2) is 12.1 Å². The molecule has 0 aliphatic carbocycles. The summed E-state index contributed by atoms with van der Waals surface area (Å²) in [5, 5.41) is 11.3. The molecular formula is C14H15F3OS. The first-order valence-electron chi connectivity index (χ1n) is 6.51. The zero-order valence-corrected chi connectivity index (χ0v) is 11.2. The SMILES string of the molecule is OC1(c2ccc(F)c(F)c2F)CC2CCCC(C1)S2. The Morgan fingerprint density at radius 3 is 2.32 bits per heavy atom. The molecule has 2 saturated heterocycles. The Labute approximate surface area is 114 Å². The molecule has 2 aliphatic heterocycles. The predicted octanol–water partition coefficient (Wildman–Crippen LogP) is 3.74. The predicted molar refractivity (Wildman–Crippen MR) is 68.5 cm³/mol. The van der Waals surface area contributed by atoms with Gasteiger partial charge in [-0.3, -0.25) is 0 Å². The van der Waals surface area contributed by atoms with Crippen molar-refractivity contribution >= 4 is 11.8 Å². The molecule has 2 atom stereocenters. The van der Waals surface area contributed by atoms with Crippen LogP contribution in [0.4, 0.5) is 13.2 Å². The molecule has 1 aromatic rings. The monoisotopic (exact) mass is 288 g/mol. The van der Waals surface area contributed by atoms with E-state index in [-0.39, 0.29) is 16.1 Å². The fraction of sp³-hybridized carbons (Fsp3) is 0.571. The van der Waals surface area contributed by atoms with Crippen LogP contribution < -0.4 is 0 Å². The number of hydrogen-bond donors (Lipinski definition) is 1.